The van der Waals surface area contributed by atoms with E-state index >= 15 is 0 Å². The summed E-state index contributed by atoms with van der Waals surface area (Å²) in [6.07, 6.45) is 4.98. The molecule has 0 spiro atoms. The zero-order valence-corrected chi connectivity index (χ0v) is 16.3. The zero-order chi connectivity index (χ0) is 21.7. The summed E-state index contributed by atoms with van der Waals surface area (Å²) in [6, 6.07) is 5.92. The highest BCUT2D eigenvalue weighted by Crippen LogP contribution is 2.41. The number of methoxy groups -OCH3 is 1. The summed E-state index contributed by atoms with van der Waals surface area (Å²) in [4.78, 5) is 28.5. The smallest absolute Gasteiger partial charge is 0.271 e. The molecule has 0 saturated heterocycles. The first-order valence-corrected chi connectivity index (χ1v) is 9.30. The molecule has 1 aliphatic rings. The van der Waals surface area contributed by atoms with Gasteiger partial charge in [0.05, 0.1) is 35.1 Å². The number of ether oxygens (including phenoxy) is 1. The van der Waals surface area contributed by atoms with Crippen molar-refractivity contribution in [1.82, 2.24) is 0 Å². The van der Waals surface area contributed by atoms with Gasteiger partial charge in [-0.05, 0) is 18.6 Å². The Balaban J connectivity index is 1.86. The Morgan fingerprint density at radius 2 is 2.16 bits per heavy atom. The fraction of sp³-hybridized carbons (Fsp3) is 0.0909. The van der Waals surface area contributed by atoms with Gasteiger partial charge < -0.3 is 18.9 Å². The molecule has 0 saturated carbocycles. The number of anilines is 2. The second kappa shape index (κ2) is 6.84. The van der Waals surface area contributed by atoms with Gasteiger partial charge in [-0.2, -0.15) is 0 Å². The number of aliphatic imine (C=N–C) groups is 1. The molecular weight excluding hydrogens is 402 g/mol. The molecule has 0 atom stereocenters. The molecule has 31 heavy (non-hydrogen) atoms. The third-order valence-corrected chi connectivity index (χ3v) is 5.16. The number of nitrogens with zero attached hydrogens (tertiary/aromatic N) is 2. The van der Waals surface area contributed by atoms with E-state index in [4.69, 9.17) is 13.6 Å². The lowest BCUT2D eigenvalue weighted by molar-refractivity contribution is -0.384. The Morgan fingerprint density at radius 3 is 2.90 bits per heavy atom. The molecule has 9 heteroatoms. The van der Waals surface area contributed by atoms with Crippen LogP contribution in [0.25, 0.3) is 21.9 Å². The van der Waals surface area contributed by atoms with Gasteiger partial charge >= 0.3 is 0 Å². The van der Waals surface area contributed by atoms with Crippen LogP contribution in [0.1, 0.15) is 11.1 Å². The topological polar surface area (TPSA) is 120 Å². The quantitative estimate of drug-likeness (QED) is 0.248. The van der Waals surface area contributed by atoms with Gasteiger partial charge in [-0.3, -0.25) is 19.9 Å². The van der Waals surface area contributed by atoms with Crippen LogP contribution in [0, 0.1) is 10.1 Å². The number of rotatable bonds is 4. The average Bonchev–Trinajstić information content (AvgIpc) is 3.16. The number of furan rings is 1. The van der Waals surface area contributed by atoms with Crippen molar-refractivity contribution < 1.29 is 18.5 Å². The van der Waals surface area contributed by atoms with Gasteiger partial charge in [0.25, 0.3) is 5.69 Å². The van der Waals surface area contributed by atoms with Gasteiger partial charge in [-0.25, -0.2) is 0 Å². The summed E-state index contributed by atoms with van der Waals surface area (Å²) in [5.74, 6) is 0.465. The lowest BCUT2D eigenvalue weighted by atomic mass is 10.0. The minimum Gasteiger partial charge on any atom is -0.495 e. The van der Waals surface area contributed by atoms with E-state index in [0.29, 0.717) is 40.1 Å². The highest BCUT2D eigenvalue weighted by atomic mass is 16.6. The first-order valence-electron chi connectivity index (χ1n) is 9.30. The predicted molar refractivity (Wildman–Crippen MR) is 116 cm³/mol. The number of allylic oxidation sites excluding steroid dienone is 1. The van der Waals surface area contributed by atoms with Crippen LogP contribution in [0.4, 0.5) is 22.9 Å². The molecule has 3 heterocycles. The van der Waals surface area contributed by atoms with Crippen molar-refractivity contribution in [3.05, 3.63) is 74.6 Å². The second-order valence-electron chi connectivity index (χ2n) is 6.89. The number of non-ortho nitro benzene ring substituents is 1. The van der Waals surface area contributed by atoms with E-state index in [9.17, 15) is 14.9 Å². The van der Waals surface area contributed by atoms with E-state index in [1.165, 1.54) is 37.8 Å². The van der Waals surface area contributed by atoms with E-state index in [1.807, 2.05) is 0 Å². The van der Waals surface area contributed by atoms with Crippen molar-refractivity contribution in [3.63, 3.8) is 0 Å². The van der Waals surface area contributed by atoms with Crippen LogP contribution in [-0.4, -0.2) is 18.2 Å². The standard InChI is InChI=1S/C22H15N3O6/c1-3-4-12-19-13(7-8-30-19)20(29-2)17-18(26)14-10-23-15-6-5-11(25(27)28)9-16(15)24-22(14)31-21(12)17/h3,5-10,24H,1,4H2,2H3. The molecule has 0 amide bonds. The van der Waals surface area contributed by atoms with Gasteiger partial charge in [-0.1, -0.05) is 6.08 Å². The van der Waals surface area contributed by atoms with E-state index in [0.717, 1.165) is 0 Å². The summed E-state index contributed by atoms with van der Waals surface area (Å²) >= 11 is 0. The molecular formula is C22H15N3O6. The minimum absolute atomic E-state index is 0.112. The summed E-state index contributed by atoms with van der Waals surface area (Å²) in [5.41, 5.74) is 1.98. The van der Waals surface area contributed by atoms with E-state index in [2.05, 4.69) is 16.9 Å². The van der Waals surface area contributed by atoms with Gasteiger partial charge in [0.1, 0.15) is 22.3 Å². The van der Waals surface area contributed by atoms with Crippen LogP contribution >= 0.6 is 0 Å². The Bertz CT molecular complexity index is 1500. The number of nitrogens with one attached hydrogen (secondary N) is 1. The first kappa shape index (κ1) is 18.6. The summed E-state index contributed by atoms with van der Waals surface area (Å²) in [6.45, 7) is 3.78. The van der Waals surface area contributed by atoms with Crippen molar-refractivity contribution in [3.8, 4) is 5.75 Å². The molecule has 4 aromatic rings. The molecule has 1 N–H and O–H groups in total. The molecule has 0 fully saturated rings. The maximum absolute atomic E-state index is 13.5. The van der Waals surface area contributed by atoms with Gasteiger partial charge in [0.15, 0.2) is 5.58 Å². The van der Waals surface area contributed by atoms with E-state index < -0.39 is 4.92 Å². The maximum Gasteiger partial charge on any atom is 0.271 e. The monoisotopic (exact) mass is 417 g/mol. The lowest BCUT2D eigenvalue weighted by Gasteiger charge is -2.13. The molecule has 5 rings (SSSR count). The molecule has 2 aromatic heterocycles. The average molecular weight is 417 g/mol. The number of hydrogen-bond acceptors (Lipinski definition) is 8. The number of fused-ring (bicyclic) bond motifs is 4. The molecule has 0 aliphatic carbocycles. The number of nitro benzene ring substituents is 1. The third kappa shape index (κ3) is 2.71. The molecule has 0 unspecified atom stereocenters. The maximum atomic E-state index is 13.5. The van der Waals surface area contributed by atoms with Crippen LogP contribution in [-0.2, 0) is 6.42 Å². The molecule has 9 nitrogen and oxygen atoms in total. The minimum atomic E-state index is -0.505. The zero-order valence-electron chi connectivity index (χ0n) is 16.3. The number of nitro groups is 1. The number of benzene rings is 2. The lowest BCUT2D eigenvalue weighted by Crippen LogP contribution is -2.13. The van der Waals surface area contributed by atoms with Crippen molar-refractivity contribution >= 4 is 51.1 Å². The SMILES string of the molecule is C=CCc1c2occc2c(OC)c2c(=O)c3c(oc12)Nc1cc([N+](=O)[O-])ccc1N=C3. The largest absolute Gasteiger partial charge is 0.495 e. The third-order valence-electron chi connectivity index (χ3n) is 5.16. The molecule has 2 aromatic carbocycles. The van der Waals surface area contributed by atoms with Crippen LogP contribution < -0.4 is 15.5 Å². The Hall–Kier alpha value is -4.40. The predicted octanol–water partition coefficient (Wildman–Crippen LogP) is 4.99. The van der Waals surface area contributed by atoms with E-state index in [-0.39, 0.29) is 33.5 Å². The normalized spacial score (nSPS) is 12.2. The van der Waals surface area contributed by atoms with Crippen LogP contribution in [0.15, 0.2) is 61.8 Å². The van der Waals surface area contributed by atoms with Crippen LogP contribution in [0.2, 0.25) is 0 Å². The fourth-order valence-electron chi connectivity index (χ4n) is 3.79. The second-order valence-corrected chi connectivity index (χ2v) is 6.89. The van der Waals surface area contributed by atoms with Crippen LogP contribution in [0.3, 0.4) is 0 Å². The Labute approximate surface area is 174 Å². The van der Waals surface area contributed by atoms with Crippen molar-refractivity contribution in [2.24, 2.45) is 4.99 Å². The van der Waals surface area contributed by atoms with Crippen LogP contribution in [0.5, 0.6) is 5.75 Å². The summed E-state index contributed by atoms with van der Waals surface area (Å²) in [7, 11) is 1.47. The van der Waals surface area contributed by atoms with Crippen molar-refractivity contribution in [1.29, 1.82) is 0 Å². The summed E-state index contributed by atoms with van der Waals surface area (Å²) in [5, 5.41) is 15.1. The highest BCUT2D eigenvalue weighted by molar-refractivity contribution is 6.07. The Morgan fingerprint density at radius 1 is 1.32 bits per heavy atom. The van der Waals surface area contributed by atoms with Crippen molar-refractivity contribution in [2.75, 3.05) is 12.4 Å². The molecule has 1 aliphatic heterocycles. The highest BCUT2D eigenvalue weighted by Gasteiger charge is 2.26. The van der Waals surface area contributed by atoms with E-state index in [1.54, 1.807) is 12.1 Å². The molecule has 0 bridgehead atoms. The first-order chi connectivity index (χ1) is 15.0. The fourth-order valence-corrected chi connectivity index (χ4v) is 3.79. The molecule has 154 valence electrons. The van der Waals surface area contributed by atoms with Gasteiger partial charge in [0, 0.05) is 23.9 Å². The summed E-state index contributed by atoms with van der Waals surface area (Å²) < 4.78 is 17.3. The van der Waals surface area contributed by atoms with Crippen molar-refractivity contribution in [2.45, 2.75) is 6.42 Å². The molecule has 0 radical (unpaired) electrons. The number of hydrogen-bond donors (Lipinski definition) is 1. The van der Waals surface area contributed by atoms with Gasteiger partial charge in [-0.15, -0.1) is 6.58 Å². The van der Waals surface area contributed by atoms with Gasteiger partial charge in [0.2, 0.25) is 11.3 Å². The Kier molecular flexibility index (Phi) is 4.11.